The Balaban J connectivity index is 1.69. The largest absolute Gasteiger partial charge is 0.484 e. The van der Waals surface area contributed by atoms with Gasteiger partial charge in [0.05, 0.1) is 5.56 Å². The average molecular weight is 344 g/mol. The molecule has 0 spiro atoms. The maximum atomic E-state index is 12.2. The summed E-state index contributed by atoms with van der Waals surface area (Å²) in [5.74, 6) is -0.142. The molecule has 0 unspecified atom stereocenters. The molecule has 1 aliphatic rings. The number of carbonyl (C=O) groups is 2. The predicted octanol–water partition coefficient (Wildman–Crippen LogP) is 3.05. The molecule has 5 nitrogen and oxygen atoms in total. The van der Waals surface area contributed by atoms with Crippen molar-refractivity contribution in [3.05, 3.63) is 45.8 Å². The minimum Gasteiger partial charge on any atom is -0.484 e. The summed E-state index contributed by atoms with van der Waals surface area (Å²) < 4.78 is 5.47. The van der Waals surface area contributed by atoms with E-state index in [4.69, 9.17) is 10.5 Å². The Morgan fingerprint density at radius 2 is 1.92 bits per heavy atom. The zero-order chi connectivity index (χ0) is 17.1. The summed E-state index contributed by atoms with van der Waals surface area (Å²) in [6, 6.07) is 7.49. The van der Waals surface area contributed by atoms with E-state index in [9.17, 15) is 9.59 Å². The highest BCUT2D eigenvalue weighted by Crippen LogP contribution is 2.37. The van der Waals surface area contributed by atoms with Crippen molar-refractivity contribution in [1.82, 2.24) is 0 Å². The number of amides is 2. The molecule has 1 aromatic heterocycles. The Labute approximate surface area is 144 Å². The number of primary amides is 1. The number of thiophene rings is 1. The van der Waals surface area contributed by atoms with Gasteiger partial charge in [-0.1, -0.05) is 17.7 Å². The summed E-state index contributed by atoms with van der Waals surface area (Å²) in [5.41, 5.74) is 8.13. The molecule has 3 N–H and O–H groups in total. The lowest BCUT2D eigenvalue weighted by Crippen LogP contribution is -2.22. The molecular weight excluding hydrogens is 324 g/mol. The number of fused-ring (bicyclic) bond motifs is 1. The second kappa shape index (κ2) is 7.05. The van der Waals surface area contributed by atoms with Crippen molar-refractivity contribution in [1.29, 1.82) is 0 Å². The van der Waals surface area contributed by atoms with E-state index in [1.165, 1.54) is 11.3 Å². The van der Waals surface area contributed by atoms with Gasteiger partial charge in [0.1, 0.15) is 10.8 Å². The molecule has 2 amide bonds. The Kier molecular flexibility index (Phi) is 4.85. The molecule has 0 atom stereocenters. The third kappa shape index (κ3) is 3.59. The van der Waals surface area contributed by atoms with Gasteiger partial charge in [0.25, 0.3) is 11.8 Å². The fraction of sp³-hybridized carbons (Fsp3) is 0.333. The molecule has 6 heteroatoms. The summed E-state index contributed by atoms with van der Waals surface area (Å²) in [5, 5.41) is 3.33. The van der Waals surface area contributed by atoms with Crippen LogP contribution in [0.3, 0.4) is 0 Å². The zero-order valence-electron chi connectivity index (χ0n) is 13.6. The summed E-state index contributed by atoms with van der Waals surface area (Å²) in [6.07, 6.45) is 3.94. The lowest BCUT2D eigenvalue weighted by Gasteiger charge is -2.11. The van der Waals surface area contributed by atoms with E-state index in [0.29, 0.717) is 16.3 Å². The lowest BCUT2D eigenvalue weighted by atomic mass is 9.95. The first-order chi connectivity index (χ1) is 11.5. The van der Waals surface area contributed by atoms with Gasteiger partial charge in [-0.05, 0) is 50.3 Å². The Bertz CT molecular complexity index is 765. The second-order valence-electron chi connectivity index (χ2n) is 5.93. The molecule has 2 aromatic rings. The van der Waals surface area contributed by atoms with Gasteiger partial charge in [0.2, 0.25) is 0 Å². The van der Waals surface area contributed by atoms with Crippen molar-refractivity contribution in [3.63, 3.8) is 0 Å². The number of nitrogens with two attached hydrogens (primary N) is 1. The van der Waals surface area contributed by atoms with Gasteiger partial charge in [0.15, 0.2) is 6.61 Å². The Morgan fingerprint density at radius 3 is 2.62 bits per heavy atom. The summed E-state index contributed by atoms with van der Waals surface area (Å²) in [7, 11) is 0. The van der Waals surface area contributed by atoms with Crippen LogP contribution < -0.4 is 15.8 Å². The molecule has 3 rings (SSSR count). The van der Waals surface area contributed by atoms with E-state index in [-0.39, 0.29) is 12.5 Å². The van der Waals surface area contributed by atoms with Crippen molar-refractivity contribution >= 4 is 28.2 Å². The monoisotopic (exact) mass is 344 g/mol. The van der Waals surface area contributed by atoms with Crippen LogP contribution in [0.2, 0.25) is 0 Å². The average Bonchev–Trinajstić information content (AvgIpc) is 2.92. The van der Waals surface area contributed by atoms with Gasteiger partial charge in [-0.2, -0.15) is 0 Å². The first-order valence-electron chi connectivity index (χ1n) is 7.98. The lowest BCUT2D eigenvalue weighted by molar-refractivity contribution is -0.118. The van der Waals surface area contributed by atoms with Crippen LogP contribution in [0.15, 0.2) is 24.3 Å². The molecule has 0 saturated heterocycles. The predicted molar refractivity (Wildman–Crippen MR) is 94.8 cm³/mol. The topological polar surface area (TPSA) is 81.4 Å². The number of aryl methyl sites for hydroxylation is 2. The highest BCUT2D eigenvalue weighted by atomic mass is 32.1. The molecule has 1 aliphatic carbocycles. The van der Waals surface area contributed by atoms with Gasteiger partial charge in [-0.25, -0.2) is 0 Å². The SMILES string of the molecule is Cc1ccc(OCC(=O)Nc2sc3c(c2C(N)=O)CCCC3)cc1. The molecule has 1 aromatic carbocycles. The smallest absolute Gasteiger partial charge is 0.262 e. The normalized spacial score (nSPS) is 13.2. The Morgan fingerprint density at radius 1 is 1.21 bits per heavy atom. The number of carbonyl (C=O) groups excluding carboxylic acids is 2. The van der Waals surface area contributed by atoms with Gasteiger partial charge in [-0.3, -0.25) is 9.59 Å². The van der Waals surface area contributed by atoms with Crippen LogP contribution in [-0.4, -0.2) is 18.4 Å². The van der Waals surface area contributed by atoms with E-state index in [1.54, 1.807) is 0 Å². The van der Waals surface area contributed by atoms with Crippen molar-refractivity contribution in [2.24, 2.45) is 5.73 Å². The van der Waals surface area contributed by atoms with E-state index in [0.717, 1.165) is 41.7 Å². The van der Waals surface area contributed by atoms with E-state index < -0.39 is 5.91 Å². The number of anilines is 1. The molecular formula is C18H20N2O3S. The molecule has 0 fully saturated rings. The maximum absolute atomic E-state index is 12.2. The minimum absolute atomic E-state index is 0.107. The standard InChI is InChI=1S/C18H20N2O3S/c1-11-6-8-12(9-7-11)23-10-15(21)20-18-16(17(19)22)13-4-2-3-5-14(13)24-18/h6-9H,2-5,10H2,1H3,(H2,19,22)(H,20,21). The first kappa shape index (κ1) is 16.5. The van der Waals surface area contributed by atoms with Crippen LogP contribution in [0.4, 0.5) is 5.00 Å². The maximum Gasteiger partial charge on any atom is 0.262 e. The van der Waals surface area contributed by atoms with E-state index in [1.807, 2.05) is 31.2 Å². The van der Waals surface area contributed by atoms with Crippen LogP contribution in [0.1, 0.15) is 39.2 Å². The number of ether oxygens (including phenoxy) is 1. The number of nitrogens with one attached hydrogen (secondary N) is 1. The van der Waals surface area contributed by atoms with Crippen LogP contribution in [0, 0.1) is 6.92 Å². The number of hydrogen-bond donors (Lipinski definition) is 2. The number of benzene rings is 1. The van der Waals surface area contributed by atoms with Gasteiger partial charge >= 0.3 is 0 Å². The van der Waals surface area contributed by atoms with Gasteiger partial charge in [-0.15, -0.1) is 11.3 Å². The van der Waals surface area contributed by atoms with Crippen molar-refractivity contribution < 1.29 is 14.3 Å². The fourth-order valence-corrected chi connectivity index (χ4v) is 4.17. The Hall–Kier alpha value is -2.34. The molecule has 24 heavy (non-hydrogen) atoms. The van der Waals surface area contributed by atoms with E-state index in [2.05, 4.69) is 5.32 Å². The second-order valence-corrected chi connectivity index (χ2v) is 7.03. The van der Waals surface area contributed by atoms with Crippen LogP contribution in [-0.2, 0) is 17.6 Å². The molecule has 0 saturated carbocycles. The molecule has 1 heterocycles. The van der Waals surface area contributed by atoms with Crippen LogP contribution in [0.25, 0.3) is 0 Å². The molecule has 0 bridgehead atoms. The van der Waals surface area contributed by atoms with Gasteiger partial charge < -0.3 is 15.8 Å². The molecule has 126 valence electrons. The fourth-order valence-electron chi connectivity index (χ4n) is 2.86. The highest BCUT2D eigenvalue weighted by molar-refractivity contribution is 7.17. The number of rotatable bonds is 5. The summed E-state index contributed by atoms with van der Waals surface area (Å²) >= 11 is 1.45. The summed E-state index contributed by atoms with van der Waals surface area (Å²) in [6.45, 7) is 1.88. The quantitative estimate of drug-likeness (QED) is 0.875. The van der Waals surface area contributed by atoms with Crippen molar-refractivity contribution in [2.45, 2.75) is 32.6 Å². The van der Waals surface area contributed by atoms with Crippen LogP contribution in [0.5, 0.6) is 5.75 Å². The third-order valence-electron chi connectivity index (χ3n) is 4.06. The highest BCUT2D eigenvalue weighted by Gasteiger charge is 2.24. The molecule has 0 aliphatic heterocycles. The molecule has 0 radical (unpaired) electrons. The summed E-state index contributed by atoms with van der Waals surface area (Å²) in [4.78, 5) is 25.1. The van der Waals surface area contributed by atoms with Crippen molar-refractivity contribution in [3.8, 4) is 5.75 Å². The number of hydrogen-bond acceptors (Lipinski definition) is 4. The zero-order valence-corrected chi connectivity index (χ0v) is 14.4. The minimum atomic E-state index is -0.482. The van der Waals surface area contributed by atoms with Crippen molar-refractivity contribution in [2.75, 3.05) is 11.9 Å². The van der Waals surface area contributed by atoms with Crippen LogP contribution >= 0.6 is 11.3 Å². The first-order valence-corrected chi connectivity index (χ1v) is 8.80. The van der Waals surface area contributed by atoms with Gasteiger partial charge in [0, 0.05) is 4.88 Å². The third-order valence-corrected chi connectivity index (χ3v) is 5.27. The van der Waals surface area contributed by atoms with E-state index >= 15 is 0 Å².